The lowest BCUT2D eigenvalue weighted by Crippen LogP contribution is -2.53. The van der Waals surface area contributed by atoms with E-state index in [1.54, 1.807) is 78.9 Å². The lowest BCUT2D eigenvalue weighted by Gasteiger charge is -2.31. The Morgan fingerprint density at radius 1 is 1.09 bits per heavy atom. The summed E-state index contributed by atoms with van der Waals surface area (Å²) in [6.45, 7) is 0.561. The molecular weight excluding hydrogens is 634 g/mol. The predicted molar refractivity (Wildman–Crippen MR) is 174 cm³/mol. The van der Waals surface area contributed by atoms with Crippen molar-refractivity contribution >= 4 is 40.7 Å². The van der Waals surface area contributed by atoms with E-state index in [0.29, 0.717) is 46.2 Å². The van der Waals surface area contributed by atoms with E-state index >= 15 is 0 Å². The van der Waals surface area contributed by atoms with Crippen molar-refractivity contribution in [2.45, 2.75) is 31.0 Å². The van der Waals surface area contributed by atoms with Crippen molar-refractivity contribution in [1.82, 2.24) is 10.9 Å². The van der Waals surface area contributed by atoms with E-state index in [2.05, 4.69) is 20.9 Å². The van der Waals surface area contributed by atoms with Crippen LogP contribution in [0.5, 0.6) is 5.75 Å². The minimum Gasteiger partial charge on any atom is -0.494 e. The van der Waals surface area contributed by atoms with Crippen LogP contribution in [-0.4, -0.2) is 35.7 Å². The van der Waals surface area contributed by atoms with Crippen molar-refractivity contribution in [3.05, 3.63) is 140 Å². The predicted octanol–water partition coefficient (Wildman–Crippen LogP) is 7.16. The van der Waals surface area contributed by atoms with Crippen LogP contribution in [0.1, 0.15) is 34.8 Å². The maximum absolute atomic E-state index is 14.4. The molecule has 0 aromatic heterocycles. The minimum atomic E-state index is -1.67. The minimum absolute atomic E-state index is 0.0170. The van der Waals surface area contributed by atoms with Crippen LogP contribution < -0.4 is 15.6 Å². The van der Waals surface area contributed by atoms with Crippen molar-refractivity contribution in [2.75, 3.05) is 13.2 Å². The molecule has 1 aliphatic heterocycles. The molecule has 4 aromatic rings. The highest BCUT2D eigenvalue weighted by molar-refractivity contribution is 6.35. The van der Waals surface area contributed by atoms with Gasteiger partial charge in [0, 0.05) is 57.8 Å². The molecule has 0 saturated heterocycles. The molecule has 2 atom stereocenters. The summed E-state index contributed by atoms with van der Waals surface area (Å²) in [5, 5.41) is 13.5. The van der Waals surface area contributed by atoms with Crippen LogP contribution in [0, 0.1) is 5.82 Å². The van der Waals surface area contributed by atoms with E-state index in [-0.39, 0.29) is 36.3 Å². The van der Waals surface area contributed by atoms with Crippen LogP contribution in [0.3, 0.4) is 0 Å². The number of amides is 1. The number of nitrogens with zero attached hydrogens (tertiary/aromatic N) is 4. The third kappa shape index (κ3) is 7.59. The summed E-state index contributed by atoms with van der Waals surface area (Å²) >= 11 is 12.9. The average molecular weight is 664 g/mol. The normalized spacial score (nSPS) is 17.0. The zero-order valence-corrected chi connectivity index (χ0v) is 25.9. The summed E-state index contributed by atoms with van der Waals surface area (Å²) in [5.41, 5.74) is 15.9. The molecular formula is C33H29Cl2FN6O4. The Kier molecular flexibility index (Phi) is 10.7. The molecule has 4 aromatic carbocycles. The van der Waals surface area contributed by atoms with Crippen LogP contribution >= 0.6 is 23.2 Å². The van der Waals surface area contributed by atoms with Crippen LogP contribution in [0.15, 0.2) is 101 Å². The Morgan fingerprint density at radius 2 is 1.85 bits per heavy atom. The van der Waals surface area contributed by atoms with Crippen LogP contribution in [0.25, 0.3) is 10.4 Å². The van der Waals surface area contributed by atoms with Gasteiger partial charge < -0.3 is 14.6 Å². The van der Waals surface area contributed by atoms with E-state index in [4.69, 9.17) is 42.8 Å². The maximum atomic E-state index is 14.4. The molecule has 10 nitrogen and oxygen atoms in total. The number of benzene rings is 4. The summed E-state index contributed by atoms with van der Waals surface area (Å²) in [7, 11) is 0. The first-order valence-electron chi connectivity index (χ1n) is 14.3. The van der Waals surface area contributed by atoms with Crippen molar-refractivity contribution in [3.8, 4) is 5.75 Å². The number of hydrazine groups is 1. The second kappa shape index (κ2) is 15.1. The van der Waals surface area contributed by atoms with Crippen LogP contribution in [-0.2, 0) is 22.5 Å². The molecule has 0 fully saturated rings. The highest BCUT2D eigenvalue weighted by Gasteiger charge is 2.54. The Bertz CT molecular complexity index is 1770. The van der Waals surface area contributed by atoms with Gasteiger partial charge in [0.05, 0.1) is 6.61 Å². The van der Waals surface area contributed by atoms with Crippen molar-refractivity contribution in [3.63, 3.8) is 0 Å². The molecule has 0 radical (unpaired) electrons. The fourth-order valence-electron chi connectivity index (χ4n) is 5.01. The number of halogens is 3. The zero-order chi connectivity index (χ0) is 32.5. The smallest absolute Gasteiger partial charge is 0.266 e. The summed E-state index contributed by atoms with van der Waals surface area (Å²) in [5.74, 6) is -0.165. The standard InChI is InChI=1S/C33H29Cl2FN6O4/c34-24-10-15-27(28(35)18-24)30-33(19-23-4-1-2-5-29(23)40-42-37,32(44)41-38-20-21-6-11-25(36)12-7-21)39-31(46-30)22-8-13-26(14-9-22)45-17-3-16-43/h1-2,4-15,18,30,38,43H,3,16-17,19-20H2,(H,41,44)/t30-,33-/m0/s1. The third-order valence-corrected chi connectivity index (χ3v) is 7.85. The molecule has 13 heteroatoms. The first-order chi connectivity index (χ1) is 22.3. The molecule has 0 saturated carbocycles. The molecule has 0 spiro atoms. The van der Waals surface area contributed by atoms with Gasteiger partial charge in [-0.05, 0) is 65.2 Å². The second-order valence-corrected chi connectivity index (χ2v) is 11.2. The number of hydrogen-bond acceptors (Lipinski definition) is 7. The number of aliphatic imine (C=N–C) groups is 1. The van der Waals surface area contributed by atoms with Gasteiger partial charge in [0.2, 0.25) is 5.90 Å². The van der Waals surface area contributed by atoms with E-state index in [1.165, 1.54) is 12.1 Å². The maximum Gasteiger partial charge on any atom is 0.266 e. The number of carbonyl (C=O) groups is 1. The van der Waals surface area contributed by atoms with Gasteiger partial charge in [-0.25, -0.2) is 14.8 Å². The number of ether oxygens (including phenoxy) is 2. The summed E-state index contributed by atoms with van der Waals surface area (Å²) in [4.78, 5) is 22.3. The van der Waals surface area contributed by atoms with Gasteiger partial charge in [-0.15, -0.1) is 0 Å². The number of aliphatic hydroxyl groups is 1. The zero-order valence-electron chi connectivity index (χ0n) is 24.4. The lowest BCUT2D eigenvalue weighted by molar-refractivity contribution is -0.130. The van der Waals surface area contributed by atoms with Crippen LogP contribution in [0.4, 0.5) is 10.1 Å². The van der Waals surface area contributed by atoms with Crippen molar-refractivity contribution < 1.29 is 23.8 Å². The topological polar surface area (TPSA) is 141 Å². The largest absolute Gasteiger partial charge is 0.494 e. The van der Waals surface area contributed by atoms with E-state index < -0.39 is 17.6 Å². The van der Waals surface area contributed by atoms with Gasteiger partial charge in [-0.1, -0.05) is 70.8 Å². The molecule has 0 aliphatic carbocycles. The molecule has 0 bridgehead atoms. The molecule has 1 amide bonds. The van der Waals surface area contributed by atoms with Gasteiger partial charge >= 0.3 is 0 Å². The number of hydrogen-bond donors (Lipinski definition) is 3. The number of nitrogens with one attached hydrogen (secondary N) is 2. The third-order valence-electron chi connectivity index (χ3n) is 7.29. The Labute approximate surface area is 274 Å². The van der Waals surface area contributed by atoms with Crippen molar-refractivity contribution in [2.24, 2.45) is 10.1 Å². The van der Waals surface area contributed by atoms with Crippen molar-refractivity contribution in [1.29, 1.82) is 0 Å². The quantitative estimate of drug-likeness (QED) is 0.0458. The van der Waals surface area contributed by atoms with E-state index in [1.807, 2.05) is 0 Å². The molecule has 46 heavy (non-hydrogen) atoms. The van der Waals surface area contributed by atoms with Gasteiger partial charge in [-0.2, -0.15) is 0 Å². The molecule has 5 rings (SSSR count). The Morgan fingerprint density at radius 3 is 2.57 bits per heavy atom. The Balaban J connectivity index is 1.58. The Hall–Kier alpha value is -4.64. The van der Waals surface area contributed by atoms with E-state index in [0.717, 1.165) is 5.56 Å². The van der Waals surface area contributed by atoms with Gasteiger partial charge in [0.15, 0.2) is 11.6 Å². The fourth-order valence-corrected chi connectivity index (χ4v) is 5.51. The lowest BCUT2D eigenvalue weighted by atomic mass is 9.81. The highest BCUT2D eigenvalue weighted by atomic mass is 35.5. The molecule has 1 aliphatic rings. The monoisotopic (exact) mass is 662 g/mol. The summed E-state index contributed by atoms with van der Waals surface area (Å²) in [6, 6.07) is 24.6. The number of aliphatic hydroxyl groups excluding tert-OH is 1. The second-order valence-electron chi connectivity index (χ2n) is 10.4. The van der Waals surface area contributed by atoms with Crippen LogP contribution in [0.2, 0.25) is 10.0 Å². The average Bonchev–Trinajstić information content (AvgIpc) is 3.43. The molecule has 1 heterocycles. The first-order valence-corrected chi connectivity index (χ1v) is 15.0. The molecule has 236 valence electrons. The highest BCUT2D eigenvalue weighted by Crippen LogP contribution is 2.46. The SMILES string of the molecule is [N-]=[N+]=Nc1ccccc1C[C@]1(C(=O)NNCc2ccc(F)cc2)N=C(c2ccc(OCCCO)cc2)O[C@H]1c1ccc(Cl)cc1Cl. The summed E-state index contributed by atoms with van der Waals surface area (Å²) in [6.07, 6.45) is -0.591. The first kappa shape index (κ1) is 32.7. The number of azide groups is 1. The summed E-state index contributed by atoms with van der Waals surface area (Å²) < 4.78 is 25.6. The number of carbonyl (C=O) groups excluding carboxylic acids is 1. The van der Waals surface area contributed by atoms with E-state index in [9.17, 15) is 14.7 Å². The molecule has 0 unspecified atom stereocenters. The van der Waals surface area contributed by atoms with Gasteiger partial charge in [0.25, 0.3) is 5.91 Å². The fraction of sp³-hybridized carbons (Fsp3) is 0.212. The molecule has 3 N–H and O–H groups in total. The van der Waals surface area contributed by atoms with Gasteiger partial charge in [0.1, 0.15) is 11.6 Å². The number of rotatable bonds is 13. The van der Waals surface area contributed by atoms with Gasteiger partial charge in [-0.3, -0.25) is 10.2 Å².